The number of Topliss-reactive ketones (excluding diaryl/α,β-unsaturated/α-hetero) is 2. The van der Waals surface area contributed by atoms with Crippen LogP contribution in [0.1, 0.15) is 47.2 Å². The Morgan fingerprint density at radius 3 is 2.36 bits per heavy atom. The molecule has 0 saturated carbocycles. The van der Waals surface area contributed by atoms with Crippen LogP contribution >= 0.6 is 0 Å². The van der Waals surface area contributed by atoms with Crippen LogP contribution in [0.2, 0.25) is 0 Å². The van der Waals surface area contributed by atoms with E-state index in [4.69, 9.17) is 5.73 Å². The highest BCUT2D eigenvalue weighted by Crippen LogP contribution is 2.52. The number of carbonyl (C=O) groups is 3. The van der Waals surface area contributed by atoms with Gasteiger partial charge in [0.05, 0.1) is 5.56 Å². The van der Waals surface area contributed by atoms with Gasteiger partial charge in [0.25, 0.3) is 5.91 Å². The van der Waals surface area contributed by atoms with Gasteiger partial charge < -0.3 is 26.2 Å². The van der Waals surface area contributed by atoms with Gasteiger partial charge in [-0.2, -0.15) is 0 Å². The number of aliphatic hydroxyl groups is 3. The number of rotatable bonds is 4. The van der Waals surface area contributed by atoms with E-state index in [1.807, 2.05) is 12.1 Å². The van der Waals surface area contributed by atoms with E-state index in [1.165, 1.54) is 24.5 Å². The monoisotopic (exact) mass is 530 g/mol. The van der Waals surface area contributed by atoms with Crippen LogP contribution in [-0.4, -0.2) is 61.5 Å². The zero-order valence-corrected chi connectivity index (χ0v) is 21.3. The average molecular weight is 531 g/mol. The zero-order valence-electron chi connectivity index (χ0n) is 21.3. The number of primary amides is 1. The van der Waals surface area contributed by atoms with Crippen molar-refractivity contribution in [2.45, 2.75) is 44.2 Å². The molecule has 0 unspecified atom stereocenters. The first-order valence-electron chi connectivity index (χ1n) is 13.2. The molecule has 1 saturated heterocycles. The third kappa shape index (κ3) is 3.79. The van der Waals surface area contributed by atoms with E-state index in [9.17, 15) is 34.8 Å². The second kappa shape index (κ2) is 9.07. The number of nitrogens with zero attached hydrogens (tertiary/aromatic N) is 1. The Morgan fingerprint density at radius 1 is 1.00 bits per heavy atom. The molecule has 0 spiro atoms. The third-order valence-electron chi connectivity index (χ3n) is 8.82. The number of allylic oxidation sites excluding steroid dienone is 2. The molecule has 2 aromatic carbocycles. The molecule has 0 aromatic heterocycles. The predicted molar refractivity (Wildman–Crippen MR) is 141 cm³/mol. The number of fused-ring (bicyclic) bond motifs is 3. The molecular weight excluding hydrogens is 500 g/mol. The van der Waals surface area contributed by atoms with Crippen molar-refractivity contribution >= 4 is 17.5 Å². The number of ketones is 2. The van der Waals surface area contributed by atoms with E-state index in [2.05, 4.69) is 17.0 Å². The SMILES string of the molecule is NC(=O)C1=C(O)C[C@@H]2C[C@@H]3Cc4c(-c5ccc(CN6CCCC6)cc5)ccc(O)c4C(=O)C3=C(O)[C@]2(O)C1=O. The van der Waals surface area contributed by atoms with Crippen molar-refractivity contribution in [2.75, 3.05) is 13.1 Å². The molecule has 1 fully saturated rings. The highest BCUT2D eigenvalue weighted by molar-refractivity contribution is 6.24. The van der Waals surface area contributed by atoms with Crippen LogP contribution in [0, 0.1) is 11.8 Å². The van der Waals surface area contributed by atoms with Gasteiger partial charge in [0, 0.05) is 24.5 Å². The van der Waals surface area contributed by atoms with E-state index in [1.54, 1.807) is 6.07 Å². The van der Waals surface area contributed by atoms with Crippen molar-refractivity contribution < 1.29 is 34.8 Å². The smallest absolute Gasteiger partial charge is 0.255 e. The number of aromatic hydroxyl groups is 1. The largest absolute Gasteiger partial charge is 0.511 e. The Hall–Kier alpha value is -3.95. The predicted octanol–water partition coefficient (Wildman–Crippen LogP) is 2.84. The molecule has 6 N–H and O–H groups in total. The standard InChI is InChI=1S/C30H30N2O7/c31-29(38)25-22(34)13-18-11-17-12-20-19(16-5-3-15(4-6-16)14-32-9-1-2-10-32)7-8-21(33)24(20)26(35)23(17)27(36)30(18,39)28(25)37/h3-8,17-18,33-34,36,39H,1-2,9-14H2,(H2,31,38)/t17-,18+,30+/m1/s1. The number of likely N-dealkylation sites (tertiary alicyclic amines) is 1. The number of aliphatic hydroxyl groups excluding tert-OH is 2. The number of nitrogens with two attached hydrogens (primary N) is 1. The highest BCUT2D eigenvalue weighted by atomic mass is 16.3. The fourth-order valence-electron chi connectivity index (χ4n) is 6.88. The summed E-state index contributed by atoms with van der Waals surface area (Å²) in [5.74, 6) is -6.29. The number of hydrogen-bond acceptors (Lipinski definition) is 8. The Kier molecular flexibility index (Phi) is 5.89. The second-order valence-corrected chi connectivity index (χ2v) is 11.1. The molecule has 6 rings (SSSR count). The molecule has 4 aliphatic rings. The molecule has 3 atom stereocenters. The molecule has 0 bridgehead atoms. The molecule has 1 heterocycles. The lowest BCUT2D eigenvalue weighted by Crippen LogP contribution is -2.57. The number of carbonyl (C=O) groups excluding carboxylic acids is 3. The lowest BCUT2D eigenvalue weighted by molar-refractivity contribution is -0.144. The molecule has 39 heavy (non-hydrogen) atoms. The summed E-state index contributed by atoms with van der Waals surface area (Å²) in [6.07, 6.45) is 2.56. The Balaban J connectivity index is 1.40. The number of amides is 1. The van der Waals surface area contributed by atoms with Crippen LogP contribution < -0.4 is 5.73 Å². The van der Waals surface area contributed by atoms with Crippen LogP contribution in [-0.2, 0) is 22.6 Å². The van der Waals surface area contributed by atoms with Crippen molar-refractivity contribution in [3.63, 3.8) is 0 Å². The summed E-state index contributed by atoms with van der Waals surface area (Å²) >= 11 is 0. The first kappa shape index (κ1) is 25.3. The summed E-state index contributed by atoms with van der Waals surface area (Å²) < 4.78 is 0. The zero-order chi connectivity index (χ0) is 27.6. The van der Waals surface area contributed by atoms with Crippen LogP contribution in [0.4, 0.5) is 0 Å². The van der Waals surface area contributed by atoms with E-state index >= 15 is 0 Å². The van der Waals surface area contributed by atoms with Gasteiger partial charge in [0.15, 0.2) is 11.4 Å². The number of phenolic OH excluding ortho intramolecular Hbond substituents is 1. The lowest BCUT2D eigenvalue weighted by atomic mass is 9.60. The summed E-state index contributed by atoms with van der Waals surface area (Å²) in [7, 11) is 0. The van der Waals surface area contributed by atoms with Crippen LogP contribution in [0.3, 0.4) is 0 Å². The lowest BCUT2D eigenvalue weighted by Gasteiger charge is -2.45. The normalized spacial score (nSPS) is 26.9. The van der Waals surface area contributed by atoms with E-state index in [-0.39, 0.29) is 36.1 Å². The average Bonchev–Trinajstić information content (AvgIpc) is 3.40. The Morgan fingerprint density at radius 2 is 1.69 bits per heavy atom. The minimum atomic E-state index is -2.56. The fraction of sp³-hybridized carbons (Fsp3) is 0.367. The molecule has 2 aromatic rings. The second-order valence-electron chi connectivity index (χ2n) is 11.1. The molecule has 1 amide bonds. The summed E-state index contributed by atoms with van der Waals surface area (Å²) in [4.78, 5) is 41.1. The van der Waals surface area contributed by atoms with Crippen molar-refractivity contribution in [3.8, 4) is 16.9 Å². The first-order chi connectivity index (χ1) is 18.6. The van der Waals surface area contributed by atoms with Gasteiger partial charge in [-0.05, 0) is 73.0 Å². The van der Waals surface area contributed by atoms with Gasteiger partial charge in [-0.1, -0.05) is 30.3 Å². The van der Waals surface area contributed by atoms with Gasteiger partial charge >= 0.3 is 0 Å². The number of benzene rings is 2. The summed E-state index contributed by atoms with van der Waals surface area (Å²) in [6.45, 7) is 3.07. The van der Waals surface area contributed by atoms with Crippen molar-refractivity contribution in [1.82, 2.24) is 4.90 Å². The Bertz CT molecular complexity index is 1480. The van der Waals surface area contributed by atoms with Crippen LogP contribution in [0.5, 0.6) is 5.75 Å². The van der Waals surface area contributed by atoms with Crippen molar-refractivity contribution in [3.05, 3.63) is 75.8 Å². The summed E-state index contributed by atoms with van der Waals surface area (Å²) in [5.41, 5.74) is 5.25. The number of hydrogen-bond donors (Lipinski definition) is 5. The quantitative estimate of drug-likeness (QED) is 0.377. The van der Waals surface area contributed by atoms with Crippen LogP contribution in [0.25, 0.3) is 11.1 Å². The summed E-state index contributed by atoms with van der Waals surface area (Å²) in [6, 6.07) is 11.3. The molecule has 3 aliphatic carbocycles. The maximum absolute atomic E-state index is 13.8. The fourth-order valence-corrected chi connectivity index (χ4v) is 6.88. The maximum Gasteiger partial charge on any atom is 0.255 e. The molecule has 9 nitrogen and oxygen atoms in total. The van der Waals surface area contributed by atoms with Gasteiger partial charge in [-0.15, -0.1) is 0 Å². The molecule has 1 aliphatic heterocycles. The van der Waals surface area contributed by atoms with Gasteiger partial charge in [0.2, 0.25) is 5.78 Å². The van der Waals surface area contributed by atoms with E-state index in [0.717, 1.165) is 30.8 Å². The topological polar surface area (TPSA) is 161 Å². The van der Waals surface area contributed by atoms with Gasteiger partial charge in [-0.25, -0.2) is 0 Å². The van der Waals surface area contributed by atoms with Crippen molar-refractivity contribution in [2.24, 2.45) is 17.6 Å². The van der Waals surface area contributed by atoms with Gasteiger partial charge in [0.1, 0.15) is 22.8 Å². The minimum absolute atomic E-state index is 0.0188. The minimum Gasteiger partial charge on any atom is -0.511 e. The summed E-state index contributed by atoms with van der Waals surface area (Å²) in [5, 5.41) is 43.6. The van der Waals surface area contributed by atoms with E-state index in [0.29, 0.717) is 5.56 Å². The van der Waals surface area contributed by atoms with E-state index < -0.39 is 52.0 Å². The molecule has 202 valence electrons. The van der Waals surface area contributed by atoms with Crippen LogP contribution in [0.15, 0.2) is 59.1 Å². The number of phenols is 1. The Labute approximate surface area is 224 Å². The molecule has 0 radical (unpaired) electrons. The first-order valence-corrected chi connectivity index (χ1v) is 13.2. The third-order valence-corrected chi connectivity index (χ3v) is 8.82. The van der Waals surface area contributed by atoms with Crippen molar-refractivity contribution in [1.29, 1.82) is 0 Å². The maximum atomic E-state index is 13.8. The molecular formula is C30H30N2O7. The highest BCUT2D eigenvalue weighted by Gasteiger charge is 2.59. The van der Waals surface area contributed by atoms with Gasteiger partial charge in [-0.3, -0.25) is 19.3 Å². The molecule has 9 heteroatoms.